The minimum atomic E-state index is -0.271. The van der Waals surface area contributed by atoms with Gasteiger partial charge in [0.15, 0.2) is 11.5 Å². The van der Waals surface area contributed by atoms with Crippen LogP contribution in [0.4, 0.5) is 11.4 Å². The highest BCUT2D eigenvalue weighted by Crippen LogP contribution is 2.37. The van der Waals surface area contributed by atoms with Crippen molar-refractivity contribution in [1.82, 2.24) is 0 Å². The highest BCUT2D eigenvalue weighted by molar-refractivity contribution is 9.10. The minimum absolute atomic E-state index is 0.0538. The van der Waals surface area contributed by atoms with Gasteiger partial charge in [-0.3, -0.25) is 9.59 Å². The van der Waals surface area contributed by atoms with E-state index >= 15 is 0 Å². The van der Waals surface area contributed by atoms with Gasteiger partial charge in [-0.15, -0.1) is 0 Å². The smallest absolute Gasteiger partial charge is 0.255 e. The van der Waals surface area contributed by atoms with Crippen LogP contribution in [0.1, 0.15) is 30.1 Å². The number of carbonyl (C=O) groups is 2. The molecule has 2 aromatic carbocycles. The predicted octanol–water partition coefficient (Wildman–Crippen LogP) is 4.46. The molecule has 0 radical (unpaired) electrons. The maximum absolute atomic E-state index is 12.6. The Balaban J connectivity index is 1.69. The molecule has 3 rings (SSSR count). The molecule has 0 saturated heterocycles. The van der Waals surface area contributed by atoms with E-state index in [9.17, 15) is 9.59 Å². The van der Waals surface area contributed by atoms with Crippen molar-refractivity contribution in [2.45, 2.75) is 19.8 Å². The Morgan fingerprint density at radius 2 is 1.74 bits per heavy atom. The summed E-state index contributed by atoms with van der Waals surface area (Å²) >= 11 is 3.42. The van der Waals surface area contributed by atoms with Crippen LogP contribution in [0.3, 0.4) is 0 Å². The Morgan fingerprint density at radius 1 is 1.11 bits per heavy atom. The van der Waals surface area contributed by atoms with E-state index in [1.54, 1.807) is 36.4 Å². The number of benzene rings is 2. The number of halogens is 1. The molecule has 27 heavy (non-hydrogen) atoms. The van der Waals surface area contributed by atoms with E-state index in [1.807, 2.05) is 6.92 Å². The molecule has 0 unspecified atom stereocenters. The number of nitrogens with one attached hydrogen (secondary N) is 2. The normalized spacial score (nSPS) is 13.0. The van der Waals surface area contributed by atoms with Crippen molar-refractivity contribution in [1.29, 1.82) is 0 Å². The molecule has 0 heterocycles. The fourth-order valence-electron chi connectivity index (χ4n) is 2.57. The summed E-state index contributed by atoms with van der Waals surface area (Å²) in [6.07, 6.45) is 1.92. The molecule has 142 valence electrons. The quantitative estimate of drug-likeness (QED) is 0.676. The average molecular weight is 433 g/mol. The molecule has 1 aliphatic rings. The first kappa shape index (κ1) is 19.2. The van der Waals surface area contributed by atoms with Gasteiger partial charge < -0.3 is 20.1 Å². The van der Waals surface area contributed by atoms with Crippen LogP contribution >= 0.6 is 15.9 Å². The summed E-state index contributed by atoms with van der Waals surface area (Å²) in [4.78, 5) is 24.3. The zero-order valence-corrected chi connectivity index (χ0v) is 16.8. The first-order valence-corrected chi connectivity index (χ1v) is 9.53. The Labute approximate surface area is 166 Å². The lowest BCUT2D eigenvalue weighted by Crippen LogP contribution is -2.14. The summed E-state index contributed by atoms with van der Waals surface area (Å²) in [6.45, 7) is 2.37. The van der Waals surface area contributed by atoms with Crippen molar-refractivity contribution >= 4 is 39.1 Å². The molecule has 1 aliphatic carbocycles. The Kier molecular flexibility index (Phi) is 6.01. The Morgan fingerprint density at radius 3 is 2.30 bits per heavy atom. The van der Waals surface area contributed by atoms with Crippen molar-refractivity contribution < 1.29 is 19.1 Å². The predicted molar refractivity (Wildman–Crippen MR) is 108 cm³/mol. The van der Waals surface area contributed by atoms with Crippen LogP contribution in [0.2, 0.25) is 0 Å². The van der Waals surface area contributed by atoms with E-state index < -0.39 is 0 Å². The van der Waals surface area contributed by atoms with Gasteiger partial charge >= 0.3 is 0 Å². The van der Waals surface area contributed by atoms with Crippen LogP contribution in [0.25, 0.3) is 0 Å². The maximum atomic E-state index is 12.6. The average Bonchev–Trinajstić information content (AvgIpc) is 3.50. The van der Waals surface area contributed by atoms with Crippen LogP contribution in [-0.4, -0.2) is 25.5 Å². The van der Waals surface area contributed by atoms with E-state index in [1.165, 1.54) is 7.11 Å². The van der Waals surface area contributed by atoms with Gasteiger partial charge in [0.25, 0.3) is 5.91 Å². The number of amides is 2. The lowest BCUT2D eigenvalue weighted by Gasteiger charge is -2.13. The lowest BCUT2D eigenvalue weighted by atomic mass is 10.1. The molecular weight excluding hydrogens is 412 g/mol. The van der Waals surface area contributed by atoms with Crippen molar-refractivity contribution in [3.05, 3.63) is 46.4 Å². The highest BCUT2D eigenvalue weighted by Gasteiger charge is 2.29. The zero-order valence-electron chi connectivity index (χ0n) is 15.2. The third-order valence-electron chi connectivity index (χ3n) is 4.14. The number of ether oxygens (including phenoxy) is 2. The van der Waals surface area contributed by atoms with E-state index in [-0.39, 0.29) is 17.7 Å². The zero-order chi connectivity index (χ0) is 19.4. The van der Waals surface area contributed by atoms with Gasteiger partial charge in [-0.25, -0.2) is 0 Å². The third-order valence-corrected chi connectivity index (χ3v) is 4.73. The van der Waals surface area contributed by atoms with Crippen molar-refractivity contribution in [2.24, 2.45) is 5.92 Å². The minimum Gasteiger partial charge on any atom is -0.493 e. The monoisotopic (exact) mass is 432 g/mol. The highest BCUT2D eigenvalue weighted by atomic mass is 79.9. The first-order valence-electron chi connectivity index (χ1n) is 8.74. The van der Waals surface area contributed by atoms with Crippen LogP contribution in [0.5, 0.6) is 11.5 Å². The largest absolute Gasteiger partial charge is 0.493 e. The standard InChI is InChI=1S/C20H21BrN2O4/c1-3-27-18-16(21)10-13(11-17(18)26-2)20(25)23-15-8-6-14(7-9-15)22-19(24)12-4-5-12/h6-12H,3-5H2,1-2H3,(H,22,24)(H,23,25). The molecule has 1 fully saturated rings. The van der Waals surface area contributed by atoms with Crippen LogP contribution in [0, 0.1) is 5.92 Å². The summed E-state index contributed by atoms with van der Waals surface area (Å²) in [5.74, 6) is 0.976. The van der Waals surface area contributed by atoms with E-state index in [4.69, 9.17) is 9.47 Å². The number of methoxy groups -OCH3 is 1. The molecule has 2 N–H and O–H groups in total. The van der Waals surface area contributed by atoms with Crippen LogP contribution < -0.4 is 20.1 Å². The van der Waals surface area contributed by atoms with E-state index in [0.29, 0.717) is 33.8 Å². The van der Waals surface area contributed by atoms with Crippen LogP contribution in [-0.2, 0) is 4.79 Å². The number of anilines is 2. The number of rotatable bonds is 7. The number of carbonyl (C=O) groups excluding carboxylic acids is 2. The lowest BCUT2D eigenvalue weighted by molar-refractivity contribution is -0.117. The van der Waals surface area contributed by atoms with Gasteiger partial charge in [-0.2, -0.15) is 0 Å². The summed E-state index contributed by atoms with van der Waals surface area (Å²) in [7, 11) is 1.53. The van der Waals surface area contributed by atoms with Gasteiger partial charge in [-0.1, -0.05) is 0 Å². The Bertz CT molecular complexity index is 848. The third kappa shape index (κ3) is 4.80. The van der Waals surface area contributed by atoms with E-state index in [2.05, 4.69) is 26.6 Å². The fraction of sp³-hybridized carbons (Fsp3) is 0.300. The summed E-state index contributed by atoms with van der Waals surface area (Å²) in [5.41, 5.74) is 1.79. The van der Waals surface area contributed by atoms with Gasteiger partial charge in [0.05, 0.1) is 18.2 Å². The second kappa shape index (κ2) is 8.43. The molecule has 0 aromatic heterocycles. The molecule has 0 aliphatic heterocycles. The topological polar surface area (TPSA) is 76.7 Å². The summed E-state index contributed by atoms with van der Waals surface area (Å²) in [5, 5.41) is 5.70. The molecular formula is C20H21BrN2O4. The van der Waals surface area contributed by atoms with Crippen molar-refractivity contribution in [3.63, 3.8) is 0 Å². The van der Waals surface area contributed by atoms with E-state index in [0.717, 1.165) is 18.5 Å². The molecule has 0 spiro atoms. The van der Waals surface area contributed by atoms with Gasteiger partial charge in [0.2, 0.25) is 5.91 Å². The number of hydrogen-bond donors (Lipinski definition) is 2. The molecule has 0 bridgehead atoms. The summed E-state index contributed by atoms with van der Waals surface area (Å²) < 4.78 is 11.5. The molecule has 6 nitrogen and oxygen atoms in total. The molecule has 7 heteroatoms. The molecule has 1 saturated carbocycles. The second-order valence-electron chi connectivity index (χ2n) is 6.22. The van der Waals surface area contributed by atoms with Gasteiger partial charge in [-0.05, 0) is 72.1 Å². The second-order valence-corrected chi connectivity index (χ2v) is 7.07. The molecule has 2 aromatic rings. The van der Waals surface area contributed by atoms with Crippen molar-refractivity contribution in [2.75, 3.05) is 24.4 Å². The molecule has 0 atom stereocenters. The summed E-state index contributed by atoms with van der Waals surface area (Å²) in [6, 6.07) is 10.4. The van der Waals surface area contributed by atoms with Gasteiger partial charge in [0.1, 0.15) is 0 Å². The Hall–Kier alpha value is -2.54. The molecule has 2 amide bonds. The van der Waals surface area contributed by atoms with Crippen LogP contribution in [0.15, 0.2) is 40.9 Å². The fourth-order valence-corrected chi connectivity index (χ4v) is 3.12. The SMILES string of the molecule is CCOc1c(Br)cc(C(=O)Nc2ccc(NC(=O)C3CC3)cc2)cc1OC. The van der Waals surface area contributed by atoms with Gasteiger partial charge in [0, 0.05) is 22.9 Å². The first-order chi connectivity index (χ1) is 13.0. The van der Waals surface area contributed by atoms with Crippen molar-refractivity contribution in [3.8, 4) is 11.5 Å². The maximum Gasteiger partial charge on any atom is 0.255 e. The number of hydrogen-bond acceptors (Lipinski definition) is 4.